The summed E-state index contributed by atoms with van der Waals surface area (Å²) in [6, 6.07) is 0. The highest BCUT2D eigenvalue weighted by Gasteiger charge is 2.63. The van der Waals surface area contributed by atoms with Crippen LogP contribution in [-0.2, 0) is 57.1 Å². The summed E-state index contributed by atoms with van der Waals surface area (Å²) in [5.41, 5.74) is -2.37. The number of aliphatic hydroxyl groups excluding tert-OH is 7. The summed E-state index contributed by atoms with van der Waals surface area (Å²) >= 11 is 0. The Morgan fingerprint density at radius 3 is 1.85 bits per heavy atom. The Hall–Kier alpha value is -3.12. The Labute approximate surface area is 315 Å². The van der Waals surface area contributed by atoms with E-state index in [-0.39, 0.29) is 35.7 Å². The van der Waals surface area contributed by atoms with Gasteiger partial charge in [0, 0.05) is 18.8 Å². The Kier molecular flexibility index (Phi) is 13.4. The zero-order valence-corrected chi connectivity index (χ0v) is 30.8. The summed E-state index contributed by atoms with van der Waals surface area (Å²) in [6.45, 7) is 4.65. The van der Waals surface area contributed by atoms with Crippen molar-refractivity contribution < 1.29 is 97.9 Å². The van der Waals surface area contributed by atoms with E-state index >= 15 is 0 Å². The quantitative estimate of drug-likeness (QED) is 0.111. The van der Waals surface area contributed by atoms with Gasteiger partial charge in [-0.3, -0.25) is 9.59 Å². The number of Topliss-reactive ketones (excluding diaryl/α,β-unsaturated/α-hetero) is 2. The van der Waals surface area contributed by atoms with E-state index in [4.69, 9.17) is 33.2 Å². The minimum absolute atomic E-state index is 0.00821. The molecule has 0 bridgehead atoms. The van der Waals surface area contributed by atoms with Crippen molar-refractivity contribution >= 4 is 23.5 Å². The Morgan fingerprint density at radius 1 is 0.745 bits per heavy atom. The fourth-order valence-corrected chi connectivity index (χ4v) is 8.17. The predicted molar refractivity (Wildman–Crippen MR) is 176 cm³/mol. The van der Waals surface area contributed by atoms with Gasteiger partial charge in [-0.2, -0.15) is 0 Å². The molecule has 20 nitrogen and oxygen atoms in total. The van der Waals surface area contributed by atoms with Crippen LogP contribution in [0.4, 0.5) is 0 Å². The molecule has 2 saturated carbocycles. The molecule has 0 spiro atoms. The fourth-order valence-electron chi connectivity index (χ4n) is 8.17. The molecule has 4 fully saturated rings. The molecule has 2 aliphatic carbocycles. The lowest BCUT2D eigenvalue weighted by Gasteiger charge is -2.44. The second-order valence-electron chi connectivity index (χ2n) is 14.6. The van der Waals surface area contributed by atoms with Gasteiger partial charge in [0.15, 0.2) is 24.0 Å². The fraction of sp³-hybridized carbons (Fsp3) is 0.771. The van der Waals surface area contributed by atoms with Crippen LogP contribution in [0, 0.1) is 29.6 Å². The van der Waals surface area contributed by atoms with Crippen molar-refractivity contribution in [3.8, 4) is 0 Å². The largest absolute Gasteiger partial charge is 0.472 e. The number of esters is 2. The summed E-state index contributed by atoms with van der Waals surface area (Å²) < 4.78 is 42.5. The average molecular weight is 791 g/mol. The topological polar surface area (TPSA) is 304 Å². The number of ether oxygens (including phenoxy) is 8. The summed E-state index contributed by atoms with van der Waals surface area (Å²) in [5, 5.41) is 80.5. The van der Waals surface area contributed by atoms with Gasteiger partial charge in [-0.25, -0.2) is 9.59 Å². The molecule has 4 aliphatic heterocycles. The van der Waals surface area contributed by atoms with Crippen LogP contribution < -0.4 is 0 Å². The number of rotatable bonds is 8. The van der Waals surface area contributed by atoms with E-state index < -0.39 is 128 Å². The maximum atomic E-state index is 12.5. The van der Waals surface area contributed by atoms with Crippen LogP contribution in [0.5, 0.6) is 0 Å². The van der Waals surface area contributed by atoms with Crippen molar-refractivity contribution in [1.82, 2.24) is 0 Å². The molecule has 310 valence electrons. The van der Waals surface area contributed by atoms with Crippen molar-refractivity contribution in [2.24, 2.45) is 29.6 Å². The molecule has 55 heavy (non-hydrogen) atoms. The number of hydrogen-bond acceptors (Lipinski definition) is 20. The number of carbonyl (C=O) groups excluding carboxylic acids is 4. The summed E-state index contributed by atoms with van der Waals surface area (Å²) in [7, 11) is 2.33. The monoisotopic (exact) mass is 790 g/mol. The highest BCUT2D eigenvalue weighted by molar-refractivity contribution is 6.04. The molecule has 6 rings (SSSR count). The molecule has 0 radical (unpaired) electrons. The number of fused-ring (bicyclic) bond motifs is 2. The Balaban J connectivity index is 0.000000211. The number of hydrogen-bond donors (Lipinski definition) is 8. The van der Waals surface area contributed by atoms with E-state index in [2.05, 4.69) is 4.74 Å². The SMILES string of the molecule is CC[C@H]1O[C@@H](O[C@@H]2OC=C(C(=O)OC)[C@]3(O)C(=O)C[C@H](C)C23)[C@H](O)[C@@H](O)[C@@H]1O.COC(=O)C1=CO[C@@H](O[C@@H]2O[C@H](CO)[C@@H](O)[C@H](O)[C@H]2O)C2C1C(=O)C[C@@H]2C. The molecule has 18 atom stereocenters. The minimum Gasteiger partial charge on any atom is -0.472 e. The molecule has 0 aromatic rings. The van der Waals surface area contributed by atoms with Gasteiger partial charge in [-0.1, -0.05) is 20.8 Å². The van der Waals surface area contributed by atoms with Gasteiger partial charge in [0.1, 0.15) is 60.3 Å². The highest BCUT2D eigenvalue weighted by Crippen LogP contribution is 2.49. The molecule has 8 N–H and O–H groups in total. The molecular weight excluding hydrogens is 740 g/mol. The van der Waals surface area contributed by atoms with Crippen LogP contribution in [0.15, 0.2) is 23.7 Å². The standard InChI is InChI=1S/C18H26O10.C17H24O10/c1-4-9-12(20)13(21)14(22)17(27-9)28-16-11-7(2)5-10(19)18(11,24)8(6-26-16)15(23)25-3;1-6-3-8(19)11-7(15(23)24-2)5-25-16(10(6)11)27-17-14(22)13(21)12(20)9(4-18)26-17/h6-7,9,11-14,16-17,20-22,24H,4-5H2,1-3H3;5-6,9-14,16-18,20-22H,3-4H2,1-2H3/t7-,9+,11?,12+,13-,14+,16-,17-,18-;6-,9+,10?,11?,12+,13-,14+,16-,17-/m00/s1. The van der Waals surface area contributed by atoms with Gasteiger partial charge in [0.25, 0.3) is 0 Å². The third-order valence-electron chi connectivity index (χ3n) is 11.2. The van der Waals surface area contributed by atoms with Crippen molar-refractivity contribution in [3.05, 3.63) is 23.7 Å². The second-order valence-corrected chi connectivity index (χ2v) is 14.6. The molecular formula is C35H50O20. The molecule has 2 saturated heterocycles. The van der Waals surface area contributed by atoms with Gasteiger partial charge >= 0.3 is 11.9 Å². The lowest BCUT2D eigenvalue weighted by molar-refractivity contribution is -0.343. The highest BCUT2D eigenvalue weighted by atomic mass is 16.8. The Bertz CT molecular complexity index is 1500. The molecule has 4 heterocycles. The zero-order valence-electron chi connectivity index (χ0n) is 30.8. The predicted octanol–water partition coefficient (Wildman–Crippen LogP) is -3.35. The van der Waals surface area contributed by atoms with E-state index in [1.54, 1.807) is 13.8 Å². The van der Waals surface area contributed by atoms with Crippen molar-refractivity contribution in [2.45, 2.75) is 120 Å². The van der Waals surface area contributed by atoms with Crippen LogP contribution in [0.3, 0.4) is 0 Å². The minimum atomic E-state index is -2.16. The molecule has 20 heteroatoms. The first-order chi connectivity index (χ1) is 26.0. The van der Waals surface area contributed by atoms with Crippen molar-refractivity contribution in [3.63, 3.8) is 0 Å². The van der Waals surface area contributed by atoms with Gasteiger partial charge in [0.2, 0.25) is 12.6 Å². The van der Waals surface area contributed by atoms with Crippen LogP contribution in [0.2, 0.25) is 0 Å². The van der Waals surface area contributed by atoms with E-state index in [1.165, 1.54) is 7.11 Å². The first-order valence-electron chi connectivity index (χ1n) is 17.9. The molecule has 3 unspecified atom stereocenters. The van der Waals surface area contributed by atoms with Crippen LogP contribution in [0.1, 0.15) is 40.0 Å². The lowest BCUT2D eigenvalue weighted by Crippen LogP contribution is -2.60. The van der Waals surface area contributed by atoms with Crippen molar-refractivity contribution in [1.29, 1.82) is 0 Å². The molecule has 0 aromatic heterocycles. The van der Waals surface area contributed by atoms with Gasteiger partial charge in [0.05, 0.1) is 50.6 Å². The van der Waals surface area contributed by atoms with Crippen LogP contribution >= 0.6 is 0 Å². The smallest absolute Gasteiger partial charge is 0.340 e. The summed E-state index contributed by atoms with van der Waals surface area (Å²) in [4.78, 5) is 48.9. The summed E-state index contributed by atoms with van der Waals surface area (Å²) in [5.74, 6) is -5.11. The summed E-state index contributed by atoms with van der Waals surface area (Å²) in [6.07, 6.45) is -13.4. The maximum Gasteiger partial charge on any atom is 0.340 e. The number of methoxy groups -OCH3 is 2. The normalized spacial score (nSPS) is 45.1. The zero-order chi connectivity index (χ0) is 40.7. The molecule has 6 aliphatic rings. The van der Waals surface area contributed by atoms with Crippen LogP contribution in [-0.4, -0.2) is 165 Å². The average Bonchev–Trinajstić information content (AvgIpc) is 3.60. The van der Waals surface area contributed by atoms with E-state index in [0.29, 0.717) is 6.42 Å². The van der Waals surface area contributed by atoms with Gasteiger partial charge in [-0.15, -0.1) is 0 Å². The van der Waals surface area contributed by atoms with E-state index in [1.807, 2.05) is 6.92 Å². The maximum absolute atomic E-state index is 12.5. The van der Waals surface area contributed by atoms with Crippen molar-refractivity contribution in [2.75, 3.05) is 20.8 Å². The second kappa shape index (κ2) is 17.2. The third-order valence-corrected chi connectivity index (χ3v) is 11.2. The van der Waals surface area contributed by atoms with E-state index in [0.717, 1.165) is 19.6 Å². The molecule has 0 aromatic carbocycles. The first kappa shape index (κ1) is 43.0. The van der Waals surface area contributed by atoms with Gasteiger partial charge < -0.3 is 78.7 Å². The number of aliphatic hydroxyl groups is 8. The Morgan fingerprint density at radius 2 is 1.29 bits per heavy atom. The first-order valence-corrected chi connectivity index (χ1v) is 17.9. The van der Waals surface area contributed by atoms with E-state index in [9.17, 15) is 60.0 Å². The molecule has 0 amide bonds. The lowest BCUT2D eigenvalue weighted by atomic mass is 9.79. The number of ketones is 2. The van der Waals surface area contributed by atoms with Crippen LogP contribution in [0.25, 0.3) is 0 Å². The third kappa shape index (κ3) is 7.80. The van der Waals surface area contributed by atoms with Gasteiger partial charge in [-0.05, 0) is 18.3 Å². The number of carbonyl (C=O) groups is 4.